The third-order valence-corrected chi connectivity index (χ3v) is 3.94. The van der Waals surface area contributed by atoms with E-state index in [1.807, 2.05) is 0 Å². The van der Waals surface area contributed by atoms with Gasteiger partial charge in [-0.05, 0) is 31.7 Å². The highest BCUT2D eigenvalue weighted by atomic mass is 19.4. The molecule has 0 radical (unpaired) electrons. The molecule has 1 aliphatic carbocycles. The molecular weight excluding hydrogens is 291 g/mol. The number of alkyl halides is 3. The maximum absolute atomic E-state index is 13.2. The van der Waals surface area contributed by atoms with Gasteiger partial charge in [-0.15, -0.1) is 0 Å². The van der Waals surface area contributed by atoms with E-state index < -0.39 is 11.7 Å². The van der Waals surface area contributed by atoms with Crippen molar-refractivity contribution in [2.24, 2.45) is 0 Å². The number of hydrogen-bond donors (Lipinski definition) is 1. The fraction of sp³-hybridized carbons (Fsp3) is 0.375. The Morgan fingerprint density at radius 1 is 0.955 bits per heavy atom. The zero-order chi connectivity index (χ0) is 15.7. The summed E-state index contributed by atoms with van der Waals surface area (Å²) in [5.41, 5.74) is 6.91. The van der Waals surface area contributed by atoms with Gasteiger partial charge < -0.3 is 5.73 Å². The van der Waals surface area contributed by atoms with Crippen molar-refractivity contribution in [3.05, 3.63) is 41.1 Å². The van der Waals surface area contributed by atoms with Crippen LogP contribution in [0.4, 0.5) is 19.0 Å². The molecule has 116 valence electrons. The second-order valence-corrected chi connectivity index (χ2v) is 5.46. The van der Waals surface area contributed by atoms with Gasteiger partial charge >= 0.3 is 6.18 Å². The molecule has 0 saturated heterocycles. The van der Waals surface area contributed by atoms with Crippen LogP contribution < -0.4 is 5.73 Å². The van der Waals surface area contributed by atoms with Crippen molar-refractivity contribution in [1.82, 2.24) is 9.97 Å². The minimum absolute atomic E-state index is 0.0197. The second-order valence-electron chi connectivity index (χ2n) is 5.46. The Kier molecular flexibility index (Phi) is 3.76. The summed E-state index contributed by atoms with van der Waals surface area (Å²) in [6.45, 7) is 0. The second kappa shape index (κ2) is 5.59. The molecule has 0 spiro atoms. The number of fused-ring (bicyclic) bond motifs is 1. The number of hydrogen-bond acceptors (Lipinski definition) is 3. The molecule has 0 amide bonds. The molecule has 1 aromatic carbocycles. The summed E-state index contributed by atoms with van der Waals surface area (Å²) >= 11 is 0. The molecule has 3 rings (SSSR count). The van der Waals surface area contributed by atoms with E-state index in [0.717, 1.165) is 49.4 Å². The van der Waals surface area contributed by atoms with Crippen LogP contribution in [0.3, 0.4) is 0 Å². The monoisotopic (exact) mass is 307 g/mol. The number of anilines is 1. The Morgan fingerprint density at radius 2 is 1.68 bits per heavy atom. The molecule has 1 aromatic heterocycles. The number of nitrogen functional groups attached to an aromatic ring is 1. The summed E-state index contributed by atoms with van der Waals surface area (Å²) in [7, 11) is 0. The number of nitrogens with zero attached hydrogens (tertiary/aromatic N) is 2. The van der Waals surface area contributed by atoms with E-state index in [2.05, 4.69) is 9.97 Å². The van der Waals surface area contributed by atoms with Gasteiger partial charge in [-0.3, -0.25) is 0 Å². The lowest BCUT2D eigenvalue weighted by atomic mass is 10.0. The maximum Gasteiger partial charge on any atom is 0.417 e. The van der Waals surface area contributed by atoms with Crippen LogP contribution >= 0.6 is 0 Å². The average Bonchev–Trinajstić information content (AvgIpc) is 2.72. The Morgan fingerprint density at radius 3 is 2.45 bits per heavy atom. The summed E-state index contributed by atoms with van der Waals surface area (Å²) in [6.07, 6.45) is 0.153. The van der Waals surface area contributed by atoms with Crippen LogP contribution in [0.2, 0.25) is 0 Å². The number of benzene rings is 1. The van der Waals surface area contributed by atoms with E-state index in [9.17, 15) is 13.2 Å². The Balaban J connectivity index is 2.14. The molecule has 6 heteroatoms. The lowest BCUT2D eigenvalue weighted by Crippen LogP contribution is -2.11. The van der Waals surface area contributed by atoms with Crippen LogP contribution in [0.1, 0.15) is 36.1 Å². The van der Waals surface area contributed by atoms with Crippen LogP contribution in [-0.4, -0.2) is 9.97 Å². The summed E-state index contributed by atoms with van der Waals surface area (Å²) in [6, 6.07) is 5.34. The summed E-state index contributed by atoms with van der Waals surface area (Å²) in [4.78, 5) is 8.53. The van der Waals surface area contributed by atoms with Crippen molar-refractivity contribution in [2.45, 2.75) is 38.3 Å². The average molecular weight is 307 g/mol. The molecular formula is C16H16F3N3. The molecule has 3 nitrogen and oxygen atoms in total. The summed E-state index contributed by atoms with van der Waals surface area (Å²) in [5.74, 6) is 0.366. The number of aromatic nitrogens is 2. The molecule has 0 aliphatic heterocycles. The SMILES string of the molecule is Nc1nc(-c2ccccc2C(F)(F)F)nc2c1CCCCC2. The Hall–Kier alpha value is -2.11. The fourth-order valence-corrected chi connectivity index (χ4v) is 2.85. The Labute approximate surface area is 126 Å². The van der Waals surface area contributed by atoms with Gasteiger partial charge in [-0.2, -0.15) is 13.2 Å². The lowest BCUT2D eigenvalue weighted by molar-refractivity contribution is -0.137. The number of aryl methyl sites for hydroxylation is 1. The summed E-state index contributed by atoms with van der Waals surface area (Å²) in [5, 5.41) is 0. The normalized spacial score (nSPS) is 15.2. The molecule has 0 bridgehead atoms. The van der Waals surface area contributed by atoms with Crippen LogP contribution in [0.15, 0.2) is 24.3 Å². The maximum atomic E-state index is 13.2. The lowest BCUT2D eigenvalue weighted by Gasteiger charge is -2.14. The highest BCUT2D eigenvalue weighted by Crippen LogP contribution is 2.36. The third-order valence-electron chi connectivity index (χ3n) is 3.94. The minimum Gasteiger partial charge on any atom is -0.383 e. The Bertz CT molecular complexity index is 696. The molecule has 0 atom stereocenters. The van der Waals surface area contributed by atoms with Crippen LogP contribution in [0.25, 0.3) is 11.4 Å². The molecule has 0 saturated carbocycles. The van der Waals surface area contributed by atoms with Crippen molar-refractivity contribution >= 4 is 5.82 Å². The predicted molar refractivity (Wildman–Crippen MR) is 78.1 cm³/mol. The van der Waals surface area contributed by atoms with Crippen molar-refractivity contribution in [2.75, 3.05) is 5.73 Å². The van der Waals surface area contributed by atoms with E-state index >= 15 is 0 Å². The van der Waals surface area contributed by atoms with Crippen molar-refractivity contribution in [3.63, 3.8) is 0 Å². The molecule has 0 unspecified atom stereocenters. The third kappa shape index (κ3) is 2.77. The predicted octanol–water partition coefficient (Wildman–Crippen LogP) is 4.01. The zero-order valence-electron chi connectivity index (χ0n) is 12.0. The van der Waals surface area contributed by atoms with Crippen LogP contribution in [-0.2, 0) is 19.0 Å². The van der Waals surface area contributed by atoms with Crippen molar-refractivity contribution < 1.29 is 13.2 Å². The van der Waals surface area contributed by atoms with Gasteiger partial charge in [0.2, 0.25) is 0 Å². The number of rotatable bonds is 1. The van der Waals surface area contributed by atoms with E-state index in [4.69, 9.17) is 5.73 Å². The van der Waals surface area contributed by atoms with E-state index in [0.29, 0.717) is 5.82 Å². The molecule has 2 aromatic rings. The first-order valence-corrected chi connectivity index (χ1v) is 7.28. The van der Waals surface area contributed by atoms with Crippen molar-refractivity contribution in [3.8, 4) is 11.4 Å². The molecule has 2 N–H and O–H groups in total. The van der Waals surface area contributed by atoms with Crippen molar-refractivity contribution in [1.29, 1.82) is 0 Å². The van der Waals surface area contributed by atoms with E-state index in [-0.39, 0.29) is 11.4 Å². The highest BCUT2D eigenvalue weighted by Gasteiger charge is 2.34. The smallest absolute Gasteiger partial charge is 0.383 e. The zero-order valence-corrected chi connectivity index (χ0v) is 12.0. The van der Waals surface area contributed by atoms with Gasteiger partial charge in [0.1, 0.15) is 5.82 Å². The summed E-state index contributed by atoms with van der Waals surface area (Å²) < 4.78 is 39.5. The van der Waals surface area contributed by atoms with Crippen LogP contribution in [0, 0.1) is 0 Å². The highest BCUT2D eigenvalue weighted by molar-refractivity contribution is 5.63. The first-order chi connectivity index (χ1) is 10.5. The van der Waals surface area contributed by atoms with Gasteiger partial charge in [-0.1, -0.05) is 24.6 Å². The van der Waals surface area contributed by atoms with Crippen LogP contribution in [0.5, 0.6) is 0 Å². The number of nitrogens with two attached hydrogens (primary N) is 1. The standard InChI is InChI=1S/C16H16F3N3/c17-16(18,19)12-8-5-4-6-10(12)15-21-13-9-3-1-2-7-11(13)14(20)22-15/h4-6,8H,1-3,7,9H2,(H2,20,21,22). The molecule has 1 heterocycles. The van der Waals surface area contributed by atoms with Gasteiger partial charge in [0.15, 0.2) is 5.82 Å². The molecule has 0 fully saturated rings. The minimum atomic E-state index is -4.44. The molecule has 1 aliphatic rings. The first-order valence-electron chi connectivity index (χ1n) is 7.28. The topological polar surface area (TPSA) is 51.8 Å². The first kappa shape index (κ1) is 14.8. The van der Waals surface area contributed by atoms with Gasteiger partial charge in [-0.25, -0.2) is 9.97 Å². The quantitative estimate of drug-likeness (QED) is 0.810. The van der Waals surface area contributed by atoms with E-state index in [1.165, 1.54) is 12.1 Å². The van der Waals surface area contributed by atoms with Gasteiger partial charge in [0, 0.05) is 16.8 Å². The van der Waals surface area contributed by atoms with Gasteiger partial charge in [0.25, 0.3) is 0 Å². The molecule has 22 heavy (non-hydrogen) atoms. The fourth-order valence-electron chi connectivity index (χ4n) is 2.85. The van der Waals surface area contributed by atoms with E-state index in [1.54, 1.807) is 6.07 Å². The largest absolute Gasteiger partial charge is 0.417 e. The van der Waals surface area contributed by atoms with Gasteiger partial charge in [0.05, 0.1) is 5.56 Å². The number of halogens is 3.